The van der Waals surface area contributed by atoms with E-state index in [0.29, 0.717) is 6.54 Å². The molecule has 22 heavy (non-hydrogen) atoms. The van der Waals surface area contributed by atoms with Crippen molar-refractivity contribution in [2.45, 2.75) is 40.2 Å². The fourth-order valence-corrected chi connectivity index (χ4v) is 3.65. The summed E-state index contributed by atoms with van der Waals surface area (Å²) in [5.41, 5.74) is 2.22. The van der Waals surface area contributed by atoms with E-state index in [1.165, 1.54) is 9.88 Å². The zero-order valence-corrected chi connectivity index (χ0v) is 15.2. The maximum Gasteiger partial charge on any atom is 0.191 e. The summed E-state index contributed by atoms with van der Waals surface area (Å²) < 4.78 is 0. The highest BCUT2D eigenvalue weighted by molar-refractivity contribution is 7.11. The van der Waals surface area contributed by atoms with Gasteiger partial charge in [-0.05, 0) is 27.2 Å². The molecule has 0 amide bonds. The summed E-state index contributed by atoms with van der Waals surface area (Å²) >= 11 is 3.47. The molecule has 120 valence electrons. The molecule has 0 atom stereocenters. The van der Waals surface area contributed by atoms with Crippen molar-refractivity contribution in [3.05, 3.63) is 31.7 Å². The molecule has 7 heteroatoms. The molecular formula is C15H23N5S2. The van der Waals surface area contributed by atoms with E-state index in [0.717, 1.165) is 41.7 Å². The molecule has 2 aromatic rings. The van der Waals surface area contributed by atoms with Crippen LogP contribution in [0.25, 0.3) is 0 Å². The van der Waals surface area contributed by atoms with Gasteiger partial charge in [-0.1, -0.05) is 0 Å². The third kappa shape index (κ3) is 5.06. The lowest BCUT2D eigenvalue weighted by molar-refractivity contribution is 0.737. The first-order valence-electron chi connectivity index (χ1n) is 7.37. The second kappa shape index (κ2) is 8.24. The number of aromatic nitrogens is 2. The third-order valence-electron chi connectivity index (χ3n) is 3.23. The fourth-order valence-electron chi connectivity index (χ4n) is 1.96. The van der Waals surface area contributed by atoms with Crippen LogP contribution >= 0.6 is 22.7 Å². The van der Waals surface area contributed by atoms with Gasteiger partial charge in [0.2, 0.25) is 0 Å². The lowest BCUT2D eigenvalue weighted by atomic mass is 10.3. The third-order valence-corrected chi connectivity index (χ3v) is 5.33. The van der Waals surface area contributed by atoms with Gasteiger partial charge in [0, 0.05) is 36.0 Å². The molecule has 0 aromatic carbocycles. The van der Waals surface area contributed by atoms with Crippen LogP contribution in [0.1, 0.15) is 32.7 Å². The van der Waals surface area contributed by atoms with Crippen molar-refractivity contribution in [3.8, 4) is 0 Å². The predicted molar refractivity (Wildman–Crippen MR) is 95.0 cm³/mol. The quantitative estimate of drug-likeness (QED) is 0.483. The first kappa shape index (κ1) is 16.9. The maximum atomic E-state index is 4.52. The minimum Gasteiger partial charge on any atom is -0.356 e. The Bertz CT molecular complexity index is 610. The van der Waals surface area contributed by atoms with E-state index in [-0.39, 0.29) is 0 Å². The largest absolute Gasteiger partial charge is 0.356 e. The van der Waals surface area contributed by atoms with Gasteiger partial charge in [-0.2, -0.15) is 0 Å². The number of aryl methyl sites for hydroxylation is 4. The minimum absolute atomic E-state index is 0.713. The molecule has 2 heterocycles. The normalized spacial score (nSPS) is 11.7. The number of hydrogen-bond acceptors (Lipinski definition) is 5. The van der Waals surface area contributed by atoms with Crippen molar-refractivity contribution in [2.24, 2.45) is 4.99 Å². The van der Waals surface area contributed by atoms with E-state index >= 15 is 0 Å². The molecule has 0 bridgehead atoms. The van der Waals surface area contributed by atoms with Gasteiger partial charge >= 0.3 is 0 Å². The van der Waals surface area contributed by atoms with Gasteiger partial charge in [-0.15, -0.1) is 22.7 Å². The summed E-state index contributed by atoms with van der Waals surface area (Å²) in [6, 6.07) is 0. The smallest absolute Gasteiger partial charge is 0.191 e. The molecule has 0 unspecified atom stereocenters. The lowest BCUT2D eigenvalue weighted by Crippen LogP contribution is -2.37. The molecule has 0 spiro atoms. The molecule has 0 aliphatic rings. The fraction of sp³-hybridized carbons (Fsp3) is 0.533. The Labute approximate surface area is 139 Å². The Hall–Kier alpha value is -1.47. The minimum atomic E-state index is 0.713. The SMILES string of the molecule is CN=C(NCCCc1nc(C)cs1)NCc1nc(C)c(C)s1. The predicted octanol–water partition coefficient (Wildman–Crippen LogP) is 2.82. The van der Waals surface area contributed by atoms with Crippen LogP contribution in [0.4, 0.5) is 0 Å². The Kier molecular flexibility index (Phi) is 6.33. The van der Waals surface area contributed by atoms with Crippen LogP contribution in [-0.4, -0.2) is 29.5 Å². The number of nitrogens with zero attached hydrogens (tertiary/aromatic N) is 3. The standard InChI is InChI=1S/C15H23N5S2/c1-10-9-21-13(19-10)6-5-7-17-15(16-4)18-8-14-20-11(2)12(3)22-14/h9H,5-8H2,1-4H3,(H2,16,17,18). The molecular weight excluding hydrogens is 314 g/mol. The number of guanidine groups is 1. The summed E-state index contributed by atoms with van der Waals surface area (Å²) in [7, 11) is 1.79. The van der Waals surface area contributed by atoms with Crippen LogP contribution in [0.2, 0.25) is 0 Å². The second-order valence-electron chi connectivity index (χ2n) is 5.09. The van der Waals surface area contributed by atoms with Crippen LogP contribution in [0, 0.1) is 20.8 Å². The van der Waals surface area contributed by atoms with Gasteiger partial charge in [-0.25, -0.2) is 9.97 Å². The molecule has 0 aliphatic carbocycles. The average Bonchev–Trinajstić information content (AvgIpc) is 3.04. The first-order valence-corrected chi connectivity index (χ1v) is 9.06. The Morgan fingerprint density at radius 3 is 2.59 bits per heavy atom. The highest BCUT2D eigenvalue weighted by atomic mass is 32.1. The number of rotatable bonds is 6. The summed E-state index contributed by atoms with van der Waals surface area (Å²) in [4.78, 5) is 14.5. The van der Waals surface area contributed by atoms with Crippen LogP contribution in [0.5, 0.6) is 0 Å². The summed E-state index contributed by atoms with van der Waals surface area (Å²) in [5, 5.41) is 11.0. The van der Waals surface area contributed by atoms with Crippen molar-refractivity contribution in [2.75, 3.05) is 13.6 Å². The van der Waals surface area contributed by atoms with Gasteiger partial charge in [0.05, 0.1) is 17.2 Å². The number of aliphatic imine (C=N–C) groups is 1. The molecule has 0 fully saturated rings. The molecule has 0 saturated heterocycles. The van der Waals surface area contributed by atoms with Crippen LogP contribution < -0.4 is 10.6 Å². The molecule has 0 aliphatic heterocycles. The highest BCUT2D eigenvalue weighted by Gasteiger charge is 2.05. The Morgan fingerprint density at radius 1 is 1.18 bits per heavy atom. The van der Waals surface area contributed by atoms with E-state index in [1.54, 1.807) is 29.7 Å². The molecule has 0 saturated carbocycles. The van der Waals surface area contributed by atoms with Crippen molar-refractivity contribution in [1.29, 1.82) is 0 Å². The monoisotopic (exact) mass is 337 g/mol. The number of hydrogen-bond donors (Lipinski definition) is 2. The van der Waals surface area contributed by atoms with E-state index < -0.39 is 0 Å². The van der Waals surface area contributed by atoms with Crippen LogP contribution in [-0.2, 0) is 13.0 Å². The molecule has 5 nitrogen and oxygen atoms in total. The zero-order chi connectivity index (χ0) is 15.9. The number of nitrogens with one attached hydrogen (secondary N) is 2. The first-order chi connectivity index (χ1) is 10.6. The van der Waals surface area contributed by atoms with Gasteiger partial charge in [0.15, 0.2) is 5.96 Å². The maximum absolute atomic E-state index is 4.52. The van der Waals surface area contributed by atoms with Gasteiger partial charge in [0.25, 0.3) is 0 Å². The molecule has 0 radical (unpaired) electrons. The molecule has 2 aromatic heterocycles. The van der Waals surface area contributed by atoms with Crippen LogP contribution in [0.15, 0.2) is 10.4 Å². The van der Waals surface area contributed by atoms with Gasteiger partial charge < -0.3 is 10.6 Å². The van der Waals surface area contributed by atoms with E-state index in [1.807, 2.05) is 13.8 Å². The van der Waals surface area contributed by atoms with Crippen molar-refractivity contribution < 1.29 is 0 Å². The summed E-state index contributed by atoms with van der Waals surface area (Å²) in [6.07, 6.45) is 2.05. The van der Waals surface area contributed by atoms with Gasteiger partial charge in [0.1, 0.15) is 5.01 Å². The average molecular weight is 338 g/mol. The summed E-state index contributed by atoms with van der Waals surface area (Å²) in [5.74, 6) is 0.820. The van der Waals surface area contributed by atoms with E-state index in [2.05, 4.69) is 37.9 Å². The second-order valence-corrected chi connectivity index (χ2v) is 7.32. The Morgan fingerprint density at radius 2 is 2.00 bits per heavy atom. The van der Waals surface area contributed by atoms with Crippen LogP contribution in [0.3, 0.4) is 0 Å². The van der Waals surface area contributed by atoms with Crippen molar-refractivity contribution in [1.82, 2.24) is 20.6 Å². The van der Waals surface area contributed by atoms with Gasteiger partial charge in [-0.3, -0.25) is 4.99 Å². The highest BCUT2D eigenvalue weighted by Crippen LogP contribution is 2.15. The number of thiazole rings is 2. The molecule has 2 rings (SSSR count). The zero-order valence-electron chi connectivity index (χ0n) is 13.6. The topological polar surface area (TPSA) is 62.2 Å². The summed E-state index contributed by atoms with van der Waals surface area (Å²) in [6.45, 7) is 7.78. The lowest BCUT2D eigenvalue weighted by Gasteiger charge is -2.10. The van der Waals surface area contributed by atoms with Crippen molar-refractivity contribution >= 4 is 28.6 Å². The van der Waals surface area contributed by atoms with E-state index in [4.69, 9.17) is 0 Å². The molecule has 2 N–H and O–H groups in total. The Balaban J connectivity index is 1.69. The van der Waals surface area contributed by atoms with E-state index in [9.17, 15) is 0 Å². The van der Waals surface area contributed by atoms with Crippen molar-refractivity contribution in [3.63, 3.8) is 0 Å².